The SMILES string of the molecule is Cn1cnnc1CC1(c2cccc(-c3n[nH]c4c(CN5CCOCC5)nc(C(F)(F)F)cc34)c2)COC1. The smallest absolute Gasteiger partial charge is 0.379 e. The van der Waals surface area contributed by atoms with Crippen LogP contribution in [-0.2, 0) is 41.1 Å². The van der Waals surface area contributed by atoms with Gasteiger partial charge in [-0.3, -0.25) is 10.00 Å². The van der Waals surface area contributed by atoms with Gasteiger partial charge in [0.25, 0.3) is 0 Å². The van der Waals surface area contributed by atoms with Crippen LogP contribution in [0.25, 0.3) is 22.2 Å². The largest absolute Gasteiger partial charge is 0.433 e. The Morgan fingerprint density at radius 2 is 1.92 bits per heavy atom. The second-order valence-electron chi connectivity index (χ2n) is 9.72. The molecule has 0 spiro atoms. The highest BCUT2D eigenvalue weighted by molar-refractivity contribution is 5.94. The summed E-state index contributed by atoms with van der Waals surface area (Å²) in [5, 5.41) is 16.0. The highest BCUT2D eigenvalue weighted by Gasteiger charge is 2.42. The van der Waals surface area contributed by atoms with Crippen LogP contribution in [0, 0.1) is 0 Å². The fraction of sp³-hybridized carbons (Fsp3) is 0.440. The molecule has 2 saturated heterocycles. The molecule has 1 N–H and O–H groups in total. The molecular weight excluding hydrogens is 487 g/mol. The van der Waals surface area contributed by atoms with Crippen LogP contribution in [0.2, 0.25) is 0 Å². The lowest BCUT2D eigenvalue weighted by atomic mass is 9.75. The van der Waals surface area contributed by atoms with Crippen molar-refractivity contribution in [3.05, 3.63) is 59.4 Å². The summed E-state index contributed by atoms with van der Waals surface area (Å²) >= 11 is 0. The standard InChI is InChI=1S/C25H26F3N7O2/c1-34-15-29-31-21(34)11-24(13-37-14-24)17-4-2-3-16(9-17)22-18-10-20(25(26,27)28)30-19(23(18)33-32-22)12-35-5-7-36-8-6-35/h2-4,9-10,15H,5-8,11-14H2,1H3,(H,32,33). The van der Waals surface area contributed by atoms with E-state index >= 15 is 0 Å². The molecule has 12 heteroatoms. The van der Waals surface area contributed by atoms with Gasteiger partial charge in [0.1, 0.15) is 23.5 Å². The lowest BCUT2D eigenvalue weighted by Gasteiger charge is -2.41. The van der Waals surface area contributed by atoms with Crippen LogP contribution in [0.5, 0.6) is 0 Å². The Bertz CT molecular complexity index is 1420. The molecule has 194 valence electrons. The Kier molecular flexibility index (Phi) is 5.97. The van der Waals surface area contributed by atoms with Gasteiger partial charge in [0.05, 0.1) is 37.6 Å². The number of H-pyrrole nitrogens is 1. The van der Waals surface area contributed by atoms with Crippen LogP contribution >= 0.6 is 0 Å². The molecule has 6 rings (SSSR count). The zero-order valence-corrected chi connectivity index (χ0v) is 20.3. The first-order chi connectivity index (χ1) is 17.8. The maximum atomic E-state index is 13.8. The fourth-order valence-electron chi connectivity index (χ4n) is 5.02. The number of ether oxygens (including phenoxy) is 2. The summed E-state index contributed by atoms with van der Waals surface area (Å²) in [6.07, 6.45) is -2.27. The number of aryl methyl sites for hydroxylation is 1. The van der Waals surface area contributed by atoms with Crippen LogP contribution in [0.1, 0.15) is 22.8 Å². The molecule has 4 aromatic rings. The van der Waals surface area contributed by atoms with Crippen LogP contribution in [0.4, 0.5) is 13.2 Å². The first kappa shape index (κ1) is 24.0. The van der Waals surface area contributed by atoms with E-state index in [1.54, 1.807) is 6.33 Å². The first-order valence-corrected chi connectivity index (χ1v) is 12.1. The summed E-state index contributed by atoms with van der Waals surface area (Å²) in [6, 6.07) is 8.87. The van der Waals surface area contributed by atoms with Gasteiger partial charge in [-0.15, -0.1) is 10.2 Å². The van der Waals surface area contributed by atoms with Gasteiger partial charge in [-0.05, 0) is 17.7 Å². The molecule has 5 heterocycles. The fourth-order valence-corrected chi connectivity index (χ4v) is 5.02. The minimum Gasteiger partial charge on any atom is -0.379 e. The molecule has 3 aromatic heterocycles. The Morgan fingerprint density at radius 1 is 1.11 bits per heavy atom. The number of pyridine rings is 1. The number of halogens is 3. The third-order valence-electron chi connectivity index (χ3n) is 7.20. The number of nitrogens with one attached hydrogen (secondary N) is 1. The van der Waals surface area contributed by atoms with E-state index in [1.165, 1.54) is 0 Å². The molecular formula is C25H26F3N7O2. The number of fused-ring (bicyclic) bond motifs is 1. The van der Waals surface area contributed by atoms with Crippen LogP contribution in [-0.4, -0.2) is 74.4 Å². The number of hydrogen-bond acceptors (Lipinski definition) is 7. The zero-order chi connectivity index (χ0) is 25.6. The van der Waals surface area contributed by atoms with Gasteiger partial charge in [-0.2, -0.15) is 18.3 Å². The Balaban J connectivity index is 1.40. The van der Waals surface area contributed by atoms with Gasteiger partial charge in [0.2, 0.25) is 0 Å². The molecule has 0 radical (unpaired) electrons. The molecule has 37 heavy (non-hydrogen) atoms. The van der Waals surface area contributed by atoms with E-state index in [0.29, 0.717) is 68.2 Å². The second kappa shape index (κ2) is 9.19. The second-order valence-corrected chi connectivity index (χ2v) is 9.72. The molecule has 0 unspecified atom stereocenters. The van der Waals surface area contributed by atoms with Crippen molar-refractivity contribution < 1.29 is 22.6 Å². The summed E-state index contributed by atoms with van der Waals surface area (Å²) in [6.45, 7) is 3.69. The van der Waals surface area contributed by atoms with Gasteiger partial charge in [0.15, 0.2) is 0 Å². The van der Waals surface area contributed by atoms with Crippen LogP contribution < -0.4 is 0 Å². The number of alkyl halides is 3. The molecule has 0 atom stereocenters. The average Bonchev–Trinajstić information content (AvgIpc) is 3.47. The van der Waals surface area contributed by atoms with E-state index < -0.39 is 11.9 Å². The zero-order valence-electron chi connectivity index (χ0n) is 20.3. The first-order valence-electron chi connectivity index (χ1n) is 12.1. The molecule has 2 aliphatic heterocycles. The van der Waals surface area contributed by atoms with Gasteiger partial charge in [0, 0.05) is 49.5 Å². The van der Waals surface area contributed by atoms with Crippen molar-refractivity contribution in [1.29, 1.82) is 0 Å². The van der Waals surface area contributed by atoms with Gasteiger partial charge < -0.3 is 14.0 Å². The molecule has 0 bridgehead atoms. The highest BCUT2D eigenvalue weighted by Crippen LogP contribution is 2.39. The quantitative estimate of drug-likeness (QED) is 0.424. The third kappa shape index (κ3) is 4.49. The van der Waals surface area contributed by atoms with Crippen molar-refractivity contribution in [1.82, 2.24) is 34.8 Å². The van der Waals surface area contributed by atoms with Crippen molar-refractivity contribution in [2.75, 3.05) is 39.5 Å². The molecule has 1 aromatic carbocycles. The number of aromatic amines is 1. The van der Waals surface area contributed by atoms with E-state index in [4.69, 9.17) is 9.47 Å². The number of rotatable bonds is 6. The van der Waals surface area contributed by atoms with Crippen LogP contribution in [0.3, 0.4) is 0 Å². The van der Waals surface area contributed by atoms with E-state index in [-0.39, 0.29) is 12.0 Å². The van der Waals surface area contributed by atoms with E-state index in [1.807, 2.05) is 40.8 Å². The maximum Gasteiger partial charge on any atom is 0.433 e. The Hall–Kier alpha value is -3.35. The normalized spacial score (nSPS) is 18.3. The minimum absolute atomic E-state index is 0.281. The predicted molar refractivity (Wildman–Crippen MR) is 128 cm³/mol. The van der Waals surface area contributed by atoms with Crippen molar-refractivity contribution in [3.63, 3.8) is 0 Å². The third-order valence-corrected chi connectivity index (χ3v) is 7.20. The van der Waals surface area contributed by atoms with E-state index in [9.17, 15) is 13.2 Å². The van der Waals surface area contributed by atoms with Crippen molar-refractivity contribution in [2.45, 2.75) is 24.6 Å². The topological polar surface area (TPSA) is 94.0 Å². The summed E-state index contributed by atoms with van der Waals surface area (Å²) in [5.74, 6) is 0.840. The number of benzene rings is 1. The Morgan fingerprint density at radius 3 is 2.59 bits per heavy atom. The van der Waals surface area contributed by atoms with E-state index in [0.717, 1.165) is 23.0 Å². The lowest BCUT2D eigenvalue weighted by Crippen LogP contribution is -2.49. The number of hydrogen-bond donors (Lipinski definition) is 1. The highest BCUT2D eigenvalue weighted by atomic mass is 19.4. The summed E-state index contributed by atoms with van der Waals surface area (Å²) in [4.78, 5) is 6.03. The van der Waals surface area contributed by atoms with Crippen LogP contribution in [0.15, 0.2) is 36.7 Å². The average molecular weight is 514 g/mol. The molecule has 2 fully saturated rings. The molecule has 0 saturated carbocycles. The number of nitrogens with zero attached hydrogens (tertiary/aromatic N) is 6. The van der Waals surface area contributed by atoms with Crippen molar-refractivity contribution in [2.24, 2.45) is 7.05 Å². The molecule has 9 nitrogen and oxygen atoms in total. The molecule has 2 aliphatic rings. The summed E-state index contributed by atoms with van der Waals surface area (Å²) < 4.78 is 54.4. The number of aromatic nitrogens is 6. The predicted octanol–water partition coefficient (Wildman–Crippen LogP) is 3.12. The van der Waals surface area contributed by atoms with Gasteiger partial charge in [-0.25, -0.2) is 4.98 Å². The minimum atomic E-state index is -4.58. The Labute approximate surface area is 210 Å². The van der Waals surface area contributed by atoms with E-state index in [2.05, 4.69) is 25.4 Å². The van der Waals surface area contributed by atoms with Crippen molar-refractivity contribution >= 4 is 10.9 Å². The summed E-state index contributed by atoms with van der Waals surface area (Å²) in [5.41, 5.74) is 1.84. The summed E-state index contributed by atoms with van der Waals surface area (Å²) in [7, 11) is 1.90. The van der Waals surface area contributed by atoms with Gasteiger partial charge in [-0.1, -0.05) is 18.2 Å². The maximum absolute atomic E-state index is 13.8. The van der Waals surface area contributed by atoms with Crippen molar-refractivity contribution in [3.8, 4) is 11.3 Å². The molecule has 0 aliphatic carbocycles. The van der Waals surface area contributed by atoms with Gasteiger partial charge >= 0.3 is 6.18 Å². The monoisotopic (exact) mass is 513 g/mol. The lowest BCUT2D eigenvalue weighted by molar-refractivity contribution is -0.141. The molecule has 0 amide bonds. The number of morpholine rings is 1.